The molecule has 2 aromatic rings. The minimum atomic E-state index is -3.91. The number of amides is 1. The first-order valence-corrected chi connectivity index (χ1v) is 12.4. The molecule has 2 aromatic carbocycles. The number of hydrogen-bond donors (Lipinski definition) is 1. The van der Waals surface area contributed by atoms with Crippen LogP contribution in [0, 0.1) is 5.92 Å². The number of rotatable bonds is 9. The smallest absolute Gasteiger partial charge is 0.257 e. The summed E-state index contributed by atoms with van der Waals surface area (Å²) >= 11 is 0. The first kappa shape index (κ1) is 25.0. The van der Waals surface area contributed by atoms with Crippen molar-refractivity contribution in [3.63, 3.8) is 0 Å². The fourth-order valence-corrected chi connectivity index (χ4v) is 5.04. The Balaban J connectivity index is 1.91. The summed E-state index contributed by atoms with van der Waals surface area (Å²) in [6, 6.07) is 11.3. The van der Waals surface area contributed by atoms with Crippen molar-refractivity contribution in [2.45, 2.75) is 31.2 Å². The predicted octanol–water partition coefficient (Wildman–Crippen LogP) is 3.24. The molecule has 0 bridgehead atoms. The van der Waals surface area contributed by atoms with Crippen molar-refractivity contribution >= 4 is 15.9 Å². The standard InChI is InChI=1S/C24H32N2O6S/c1-17(2)15-22(18-5-7-19(30-3)8-6-18)25-33(28,29)20-9-10-23(31-4)21(16-20)24(27)26-11-13-32-14-12-26/h5-10,16-17,22,25H,11-15H2,1-4H3/t22-/m1/s1. The van der Waals surface area contributed by atoms with Crippen molar-refractivity contribution in [3.05, 3.63) is 53.6 Å². The maximum absolute atomic E-state index is 13.3. The molecular weight excluding hydrogens is 444 g/mol. The molecule has 1 saturated heterocycles. The number of ether oxygens (including phenoxy) is 3. The summed E-state index contributed by atoms with van der Waals surface area (Å²) in [5.74, 6) is 1.01. The molecule has 8 nitrogen and oxygen atoms in total. The Morgan fingerprint density at radius 1 is 1.06 bits per heavy atom. The van der Waals surface area contributed by atoms with Crippen LogP contribution in [0.15, 0.2) is 47.4 Å². The van der Waals surface area contributed by atoms with Gasteiger partial charge >= 0.3 is 0 Å². The van der Waals surface area contributed by atoms with E-state index in [0.717, 1.165) is 5.56 Å². The summed E-state index contributed by atoms with van der Waals surface area (Å²) in [6.07, 6.45) is 0.612. The molecule has 1 fully saturated rings. The number of nitrogens with zero attached hydrogens (tertiary/aromatic N) is 1. The van der Waals surface area contributed by atoms with Crippen LogP contribution in [0.2, 0.25) is 0 Å². The maximum atomic E-state index is 13.3. The molecule has 0 aromatic heterocycles. The Labute approximate surface area is 195 Å². The Kier molecular flexibility index (Phi) is 8.34. The van der Waals surface area contributed by atoms with E-state index in [-0.39, 0.29) is 22.3 Å². The van der Waals surface area contributed by atoms with Crippen LogP contribution >= 0.6 is 0 Å². The van der Waals surface area contributed by atoms with Gasteiger partial charge in [-0.2, -0.15) is 0 Å². The summed E-state index contributed by atoms with van der Waals surface area (Å²) in [5, 5.41) is 0. The van der Waals surface area contributed by atoms with Gasteiger partial charge in [0.25, 0.3) is 5.91 Å². The first-order chi connectivity index (χ1) is 15.7. The molecular formula is C24H32N2O6S. The van der Waals surface area contributed by atoms with Gasteiger partial charge in [-0.15, -0.1) is 0 Å². The van der Waals surface area contributed by atoms with Crippen LogP contribution in [0.3, 0.4) is 0 Å². The van der Waals surface area contributed by atoms with E-state index < -0.39 is 16.1 Å². The fraction of sp³-hybridized carbons (Fsp3) is 0.458. The van der Waals surface area contributed by atoms with Crippen LogP contribution in [0.4, 0.5) is 0 Å². The molecule has 0 spiro atoms. The Morgan fingerprint density at radius 2 is 1.73 bits per heavy atom. The molecule has 1 atom stereocenters. The molecule has 1 aliphatic rings. The number of morpholine rings is 1. The summed E-state index contributed by atoms with van der Waals surface area (Å²) < 4.78 is 45.4. The van der Waals surface area contributed by atoms with Gasteiger partial charge in [0.1, 0.15) is 11.5 Å². The second-order valence-corrected chi connectivity index (χ2v) is 10.1. The highest BCUT2D eigenvalue weighted by Crippen LogP contribution is 2.28. The largest absolute Gasteiger partial charge is 0.497 e. The monoisotopic (exact) mass is 476 g/mol. The van der Waals surface area contributed by atoms with E-state index in [1.807, 2.05) is 38.1 Å². The van der Waals surface area contributed by atoms with Crippen LogP contribution in [-0.2, 0) is 14.8 Å². The van der Waals surface area contributed by atoms with Crippen molar-refractivity contribution < 1.29 is 27.4 Å². The Morgan fingerprint density at radius 3 is 2.30 bits per heavy atom. The zero-order valence-electron chi connectivity index (χ0n) is 19.5. The molecule has 0 unspecified atom stereocenters. The third-order valence-electron chi connectivity index (χ3n) is 5.53. The molecule has 3 rings (SSSR count). The summed E-state index contributed by atoms with van der Waals surface area (Å²) in [7, 11) is -0.868. The Hall–Kier alpha value is -2.62. The van der Waals surface area contributed by atoms with Crippen molar-refractivity contribution in [2.75, 3.05) is 40.5 Å². The molecule has 0 radical (unpaired) electrons. The minimum Gasteiger partial charge on any atom is -0.497 e. The predicted molar refractivity (Wildman–Crippen MR) is 125 cm³/mol. The van der Waals surface area contributed by atoms with Gasteiger partial charge in [-0.05, 0) is 48.2 Å². The van der Waals surface area contributed by atoms with Crippen molar-refractivity contribution in [1.82, 2.24) is 9.62 Å². The van der Waals surface area contributed by atoms with E-state index >= 15 is 0 Å². The minimum absolute atomic E-state index is 0.0159. The molecule has 1 heterocycles. The van der Waals surface area contributed by atoms with Gasteiger partial charge in [-0.3, -0.25) is 4.79 Å². The fourth-order valence-electron chi connectivity index (χ4n) is 3.77. The van der Waals surface area contributed by atoms with Crippen molar-refractivity contribution in [3.8, 4) is 11.5 Å². The third-order valence-corrected chi connectivity index (χ3v) is 7.00. The van der Waals surface area contributed by atoms with Crippen molar-refractivity contribution in [1.29, 1.82) is 0 Å². The number of nitrogens with one attached hydrogen (secondary N) is 1. The zero-order valence-corrected chi connectivity index (χ0v) is 20.4. The van der Waals surface area contributed by atoms with Crippen LogP contribution in [0.5, 0.6) is 11.5 Å². The van der Waals surface area contributed by atoms with Gasteiger partial charge in [0, 0.05) is 19.1 Å². The number of methoxy groups -OCH3 is 2. The topological polar surface area (TPSA) is 94.2 Å². The summed E-state index contributed by atoms with van der Waals surface area (Å²) in [6.45, 7) is 5.88. The lowest BCUT2D eigenvalue weighted by atomic mass is 9.98. The molecule has 180 valence electrons. The third kappa shape index (κ3) is 6.25. The average Bonchev–Trinajstić information content (AvgIpc) is 2.83. The normalized spacial score (nSPS) is 15.4. The quantitative estimate of drug-likeness (QED) is 0.597. The Bertz CT molecular complexity index is 1050. The van der Waals surface area contributed by atoms with E-state index in [1.165, 1.54) is 25.3 Å². The molecule has 0 aliphatic carbocycles. The van der Waals surface area contributed by atoms with Gasteiger partial charge in [0.05, 0.1) is 37.9 Å². The highest BCUT2D eigenvalue weighted by Gasteiger charge is 2.27. The zero-order chi connectivity index (χ0) is 24.0. The lowest BCUT2D eigenvalue weighted by molar-refractivity contribution is 0.0300. The van der Waals surface area contributed by atoms with Crippen LogP contribution in [0.1, 0.15) is 42.2 Å². The van der Waals surface area contributed by atoms with Gasteiger partial charge in [0.15, 0.2) is 0 Å². The number of sulfonamides is 1. The van der Waals surface area contributed by atoms with E-state index in [4.69, 9.17) is 14.2 Å². The number of carbonyl (C=O) groups is 1. The van der Waals surface area contributed by atoms with Crippen LogP contribution in [0.25, 0.3) is 0 Å². The first-order valence-electron chi connectivity index (χ1n) is 11.0. The van der Waals surface area contributed by atoms with Gasteiger partial charge in [0.2, 0.25) is 10.0 Å². The van der Waals surface area contributed by atoms with Crippen molar-refractivity contribution in [2.24, 2.45) is 5.92 Å². The second kappa shape index (κ2) is 11.0. The summed E-state index contributed by atoms with van der Waals surface area (Å²) in [4.78, 5) is 14.7. The van der Waals surface area contributed by atoms with E-state index in [1.54, 1.807) is 12.0 Å². The summed E-state index contributed by atoms with van der Waals surface area (Å²) in [5.41, 5.74) is 1.05. The average molecular weight is 477 g/mol. The number of hydrogen-bond acceptors (Lipinski definition) is 6. The van der Waals surface area contributed by atoms with E-state index in [2.05, 4.69) is 4.72 Å². The SMILES string of the molecule is COc1ccc([C@@H](CC(C)C)NS(=O)(=O)c2ccc(OC)c(C(=O)N3CCOCC3)c2)cc1. The molecule has 1 amide bonds. The van der Waals surface area contributed by atoms with Gasteiger partial charge < -0.3 is 19.1 Å². The van der Waals surface area contributed by atoms with Crippen LogP contribution in [-0.4, -0.2) is 59.7 Å². The lowest BCUT2D eigenvalue weighted by Gasteiger charge is -2.27. The van der Waals surface area contributed by atoms with E-state index in [9.17, 15) is 13.2 Å². The highest BCUT2D eigenvalue weighted by molar-refractivity contribution is 7.89. The number of benzene rings is 2. The molecule has 0 saturated carbocycles. The molecule has 9 heteroatoms. The molecule has 1 N–H and O–H groups in total. The number of carbonyl (C=O) groups excluding carboxylic acids is 1. The van der Waals surface area contributed by atoms with E-state index in [0.29, 0.717) is 44.2 Å². The van der Waals surface area contributed by atoms with Crippen LogP contribution < -0.4 is 14.2 Å². The maximum Gasteiger partial charge on any atom is 0.257 e. The second-order valence-electron chi connectivity index (χ2n) is 8.34. The highest BCUT2D eigenvalue weighted by atomic mass is 32.2. The van der Waals surface area contributed by atoms with Gasteiger partial charge in [-0.25, -0.2) is 13.1 Å². The lowest BCUT2D eigenvalue weighted by Crippen LogP contribution is -2.41. The molecule has 1 aliphatic heterocycles. The molecule has 33 heavy (non-hydrogen) atoms. The van der Waals surface area contributed by atoms with Gasteiger partial charge in [-0.1, -0.05) is 26.0 Å².